The standard InChI is InChI=1S/C19H20N4O2/c1-22(2)16-5-3-4-15(11-16)19(24)23-9-7-17(13-23)25-18-10-14(12-20)6-8-21-18/h3-6,8,10-11,17H,7,9,13H2,1-2H3. The van der Waals surface area contributed by atoms with Crippen molar-refractivity contribution in [1.82, 2.24) is 9.88 Å². The van der Waals surface area contributed by atoms with E-state index in [2.05, 4.69) is 11.1 Å². The van der Waals surface area contributed by atoms with Crippen LogP contribution in [0.5, 0.6) is 5.88 Å². The lowest BCUT2D eigenvalue weighted by atomic mass is 10.1. The first-order valence-corrected chi connectivity index (χ1v) is 8.16. The maximum Gasteiger partial charge on any atom is 0.254 e. The summed E-state index contributed by atoms with van der Waals surface area (Å²) in [5, 5.41) is 8.94. The predicted molar refractivity (Wildman–Crippen MR) is 94.7 cm³/mol. The first-order valence-electron chi connectivity index (χ1n) is 8.16. The Labute approximate surface area is 147 Å². The Kier molecular flexibility index (Phi) is 4.85. The summed E-state index contributed by atoms with van der Waals surface area (Å²) in [5.74, 6) is 0.432. The highest BCUT2D eigenvalue weighted by Crippen LogP contribution is 2.21. The quantitative estimate of drug-likeness (QED) is 0.857. The molecule has 0 saturated carbocycles. The Morgan fingerprint density at radius 1 is 1.36 bits per heavy atom. The maximum atomic E-state index is 12.7. The number of rotatable bonds is 4. The van der Waals surface area contributed by atoms with Gasteiger partial charge in [0, 0.05) is 50.6 Å². The summed E-state index contributed by atoms with van der Waals surface area (Å²) in [5.41, 5.74) is 2.18. The third kappa shape index (κ3) is 3.89. The number of ether oxygens (including phenoxy) is 1. The van der Waals surface area contributed by atoms with Crippen molar-refractivity contribution < 1.29 is 9.53 Å². The third-order valence-corrected chi connectivity index (χ3v) is 4.19. The summed E-state index contributed by atoms with van der Waals surface area (Å²) < 4.78 is 5.83. The molecule has 0 N–H and O–H groups in total. The topological polar surface area (TPSA) is 69.5 Å². The van der Waals surface area contributed by atoms with E-state index < -0.39 is 0 Å². The molecule has 0 spiro atoms. The summed E-state index contributed by atoms with van der Waals surface area (Å²) in [6, 6.07) is 12.9. The Morgan fingerprint density at radius 2 is 2.20 bits per heavy atom. The van der Waals surface area contributed by atoms with Crippen LogP contribution in [0, 0.1) is 11.3 Å². The molecule has 0 radical (unpaired) electrons. The summed E-state index contributed by atoms with van der Waals surface area (Å²) in [7, 11) is 3.90. The molecule has 1 amide bonds. The highest BCUT2D eigenvalue weighted by molar-refractivity contribution is 5.95. The van der Waals surface area contributed by atoms with Gasteiger partial charge in [0.2, 0.25) is 5.88 Å². The SMILES string of the molecule is CN(C)c1cccc(C(=O)N2CCC(Oc3cc(C#N)ccn3)C2)c1. The predicted octanol–water partition coefficient (Wildman–Crippen LogP) is 2.31. The number of anilines is 1. The van der Waals surface area contributed by atoms with Crippen molar-refractivity contribution in [2.45, 2.75) is 12.5 Å². The monoisotopic (exact) mass is 336 g/mol. The van der Waals surface area contributed by atoms with E-state index in [0.29, 0.717) is 30.1 Å². The number of aromatic nitrogens is 1. The molecule has 1 fully saturated rings. The van der Waals surface area contributed by atoms with Crippen LogP contribution in [0.15, 0.2) is 42.6 Å². The molecule has 6 nitrogen and oxygen atoms in total. The fourth-order valence-corrected chi connectivity index (χ4v) is 2.82. The van der Waals surface area contributed by atoms with Gasteiger partial charge in [0.25, 0.3) is 5.91 Å². The lowest BCUT2D eigenvalue weighted by Crippen LogP contribution is -2.31. The van der Waals surface area contributed by atoms with Crippen LogP contribution in [0.2, 0.25) is 0 Å². The van der Waals surface area contributed by atoms with E-state index in [9.17, 15) is 4.79 Å². The molecule has 1 aliphatic rings. The van der Waals surface area contributed by atoms with Gasteiger partial charge < -0.3 is 14.5 Å². The number of hydrogen-bond acceptors (Lipinski definition) is 5. The molecule has 6 heteroatoms. The van der Waals surface area contributed by atoms with Crippen LogP contribution >= 0.6 is 0 Å². The molecule has 2 heterocycles. The fraction of sp³-hybridized carbons (Fsp3) is 0.316. The number of likely N-dealkylation sites (tertiary alicyclic amines) is 1. The first kappa shape index (κ1) is 16.8. The van der Waals surface area contributed by atoms with Gasteiger partial charge in [0.05, 0.1) is 18.2 Å². The van der Waals surface area contributed by atoms with Gasteiger partial charge in [-0.25, -0.2) is 4.98 Å². The number of nitrogens with zero attached hydrogens (tertiary/aromatic N) is 4. The third-order valence-electron chi connectivity index (χ3n) is 4.19. The first-order chi connectivity index (χ1) is 12.1. The number of hydrogen-bond donors (Lipinski definition) is 0. The van der Waals surface area contributed by atoms with Crippen LogP contribution in [0.3, 0.4) is 0 Å². The fourth-order valence-electron chi connectivity index (χ4n) is 2.82. The highest BCUT2D eigenvalue weighted by Gasteiger charge is 2.28. The van der Waals surface area contributed by atoms with Crippen LogP contribution < -0.4 is 9.64 Å². The lowest BCUT2D eigenvalue weighted by Gasteiger charge is -2.18. The van der Waals surface area contributed by atoms with Crippen molar-refractivity contribution in [3.63, 3.8) is 0 Å². The van der Waals surface area contributed by atoms with Crippen molar-refractivity contribution in [2.24, 2.45) is 0 Å². The Bertz CT molecular complexity index is 813. The molecule has 1 saturated heterocycles. The average molecular weight is 336 g/mol. The van der Waals surface area contributed by atoms with E-state index >= 15 is 0 Å². The molecule has 0 bridgehead atoms. The van der Waals surface area contributed by atoms with E-state index in [0.717, 1.165) is 12.1 Å². The second-order valence-electron chi connectivity index (χ2n) is 6.22. The molecule has 3 rings (SSSR count). The molecule has 25 heavy (non-hydrogen) atoms. The molecular formula is C19H20N4O2. The zero-order valence-corrected chi connectivity index (χ0v) is 14.3. The van der Waals surface area contributed by atoms with E-state index in [1.54, 1.807) is 23.2 Å². The number of carbonyl (C=O) groups is 1. The average Bonchev–Trinajstić information content (AvgIpc) is 3.09. The number of nitriles is 1. The minimum absolute atomic E-state index is 0.00790. The molecule has 1 unspecified atom stereocenters. The van der Waals surface area contributed by atoms with E-state index in [1.807, 2.05) is 43.3 Å². The van der Waals surface area contributed by atoms with Gasteiger partial charge >= 0.3 is 0 Å². The smallest absolute Gasteiger partial charge is 0.254 e. The van der Waals surface area contributed by atoms with Crippen molar-refractivity contribution in [1.29, 1.82) is 5.26 Å². The number of pyridine rings is 1. The highest BCUT2D eigenvalue weighted by atomic mass is 16.5. The Hall–Kier alpha value is -3.07. The van der Waals surface area contributed by atoms with Crippen LogP contribution in [-0.4, -0.2) is 49.1 Å². The summed E-state index contributed by atoms with van der Waals surface area (Å²) in [4.78, 5) is 20.6. The maximum absolute atomic E-state index is 12.7. The van der Waals surface area contributed by atoms with E-state index in [-0.39, 0.29) is 12.0 Å². The van der Waals surface area contributed by atoms with Gasteiger partial charge in [-0.3, -0.25) is 4.79 Å². The van der Waals surface area contributed by atoms with Gasteiger partial charge in [-0.1, -0.05) is 6.07 Å². The van der Waals surface area contributed by atoms with Crippen molar-refractivity contribution >= 4 is 11.6 Å². The van der Waals surface area contributed by atoms with Crippen LogP contribution in [0.1, 0.15) is 22.3 Å². The van der Waals surface area contributed by atoms with E-state index in [1.165, 1.54) is 0 Å². The molecule has 1 aliphatic heterocycles. The number of benzene rings is 1. The zero-order valence-electron chi connectivity index (χ0n) is 14.3. The zero-order chi connectivity index (χ0) is 17.8. The molecule has 1 atom stereocenters. The summed E-state index contributed by atoms with van der Waals surface area (Å²) >= 11 is 0. The van der Waals surface area contributed by atoms with Gasteiger partial charge in [-0.2, -0.15) is 5.26 Å². The van der Waals surface area contributed by atoms with Gasteiger partial charge in [-0.05, 0) is 24.3 Å². The minimum atomic E-state index is -0.109. The minimum Gasteiger partial charge on any atom is -0.472 e. The van der Waals surface area contributed by atoms with Gasteiger partial charge in [0.1, 0.15) is 6.10 Å². The number of amides is 1. The molecule has 1 aromatic heterocycles. The van der Waals surface area contributed by atoms with Crippen LogP contribution in [-0.2, 0) is 0 Å². The second kappa shape index (κ2) is 7.22. The summed E-state index contributed by atoms with van der Waals surface area (Å²) in [6.45, 7) is 1.16. The molecule has 128 valence electrons. The summed E-state index contributed by atoms with van der Waals surface area (Å²) in [6.07, 6.45) is 2.19. The van der Waals surface area contributed by atoms with Crippen LogP contribution in [0.4, 0.5) is 5.69 Å². The largest absolute Gasteiger partial charge is 0.472 e. The normalized spacial score (nSPS) is 16.4. The van der Waals surface area contributed by atoms with Gasteiger partial charge in [-0.15, -0.1) is 0 Å². The van der Waals surface area contributed by atoms with E-state index in [4.69, 9.17) is 10.00 Å². The van der Waals surface area contributed by atoms with Crippen LogP contribution in [0.25, 0.3) is 0 Å². The molecule has 0 aliphatic carbocycles. The number of carbonyl (C=O) groups excluding carboxylic acids is 1. The van der Waals surface area contributed by atoms with Crippen molar-refractivity contribution in [3.05, 3.63) is 53.7 Å². The lowest BCUT2D eigenvalue weighted by molar-refractivity contribution is 0.0771. The second-order valence-corrected chi connectivity index (χ2v) is 6.22. The Morgan fingerprint density at radius 3 is 2.96 bits per heavy atom. The molecular weight excluding hydrogens is 316 g/mol. The van der Waals surface area contributed by atoms with Gasteiger partial charge in [0.15, 0.2) is 0 Å². The van der Waals surface area contributed by atoms with Crippen molar-refractivity contribution in [3.8, 4) is 11.9 Å². The van der Waals surface area contributed by atoms with Crippen molar-refractivity contribution in [2.75, 3.05) is 32.1 Å². The molecule has 2 aromatic rings. The Balaban J connectivity index is 1.65. The molecule has 1 aromatic carbocycles.